The van der Waals surface area contributed by atoms with E-state index in [0.717, 1.165) is 24.6 Å². The molecule has 2 aliphatic rings. The summed E-state index contributed by atoms with van der Waals surface area (Å²) < 4.78 is 0. The molecule has 1 saturated heterocycles. The van der Waals surface area contributed by atoms with E-state index < -0.39 is 0 Å². The van der Waals surface area contributed by atoms with Crippen molar-refractivity contribution in [2.45, 2.75) is 64.0 Å². The van der Waals surface area contributed by atoms with Gasteiger partial charge in [0.25, 0.3) is 5.24 Å². The van der Waals surface area contributed by atoms with E-state index in [1.807, 2.05) is 6.92 Å². The Bertz CT molecular complexity index is 420. The van der Waals surface area contributed by atoms with Gasteiger partial charge < -0.3 is 10.6 Å². The van der Waals surface area contributed by atoms with E-state index in [0.29, 0.717) is 12.6 Å². The molecule has 23 heavy (non-hydrogen) atoms. The molecular weight excluding hydrogens is 314 g/mol. The van der Waals surface area contributed by atoms with E-state index >= 15 is 0 Å². The molecule has 2 rings (SSSR count). The molecule has 0 aromatic carbocycles. The summed E-state index contributed by atoms with van der Waals surface area (Å²) in [5.41, 5.74) is 0. The summed E-state index contributed by atoms with van der Waals surface area (Å²) >= 11 is 1.02. The Balaban J connectivity index is 1.67. The molecule has 3 amide bonds. The summed E-state index contributed by atoms with van der Waals surface area (Å²) in [5.74, 6) is -0.0272. The largest absolute Gasteiger partial charge is 0.353 e. The van der Waals surface area contributed by atoms with E-state index in [9.17, 15) is 14.4 Å². The fourth-order valence-electron chi connectivity index (χ4n) is 3.09. The van der Waals surface area contributed by atoms with Crippen LogP contribution in [-0.2, 0) is 9.59 Å². The molecular formula is C16H27N3O3S. The van der Waals surface area contributed by atoms with Gasteiger partial charge in [0, 0.05) is 19.1 Å². The summed E-state index contributed by atoms with van der Waals surface area (Å²) in [5, 5.41) is 6.01. The molecule has 130 valence electrons. The van der Waals surface area contributed by atoms with Crippen LogP contribution in [0.15, 0.2) is 0 Å². The quantitative estimate of drug-likeness (QED) is 0.771. The van der Waals surface area contributed by atoms with Crippen molar-refractivity contribution in [3.05, 3.63) is 0 Å². The second kappa shape index (κ2) is 9.27. The molecule has 2 fully saturated rings. The molecule has 0 radical (unpaired) electrons. The molecule has 7 heteroatoms. The van der Waals surface area contributed by atoms with Crippen molar-refractivity contribution in [3.63, 3.8) is 0 Å². The first-order valence-electron chi connectivity index (χ1n) is 8.59. The number of hydrogen-bond donors (Lipinski definition) is 2. The number of carbonyl (C=O) groups excluding carboxylic acids is 3. The Hall–Kier alpha value is -1.08. The van der Waals surface area contributed by atoms with Gasteiger partial charge in [0.1, 0.15) is 0 Å². The van der Waals surface area contributed by atoms with Gasteiger partial charge in [-0.2, -0.15) is 0 Å². The molecule has 1 saturated carbocycles. The first-order valence-corrected chi connectivity index (χ1v) is 9.57. The summed E-state index contributed by atoms with van der Waals surface area (Å²) in [4.78, 5) is 36.3. The van der Waals surface area contributed by atoms with Gasteiger partial charge in [-0.3, -0.25) is 19.3 Å². The SMILES string of the molecule is C[C@@H](NC1CCCCCCC1)C(=O)NCCN1C(=O)CSC1=O. The van der Waals surface area contributed by atoms with Crippen molar-refractivity contribution in [1.29, 1.82) is 0 Å². The van der Waals surface area contributed by atoms with Gasteiger partial charge in [0.2, 0.25) is 11.8 Å². The lowest BCUT2D eigenvalue weighted by molar-refractivity contribution is -0.126. The van der Waals surface area contributed by atoms with E-state index in [1.54, 1.807) is 0 Å². The highest BCUT2D eigenvalue weighted by atomic mass is 32.2. The minimum Gasteiger partial charge on any atom is -0.353 e. The molecule has 6 nitrogen and oxygen atoms in total. The third kappa shape index (κ3) is 5.80. The minimum absolute atomic E-state index is 0.0705. The number of carbonyl (C=O) groups is 3. The highest BCUT2D eigenvalue weighted by Crippen LogP contribution is 2.18. The van der Waals surface area contributed by atoms with E-state index in [4.69, 9.17) is 0 Å². The molecule has 1 heterocycles. The maximum Gasteiger partial charge on any atom is 0.288 e. The van der Waals surface area contributed by atoms with Crippen LogP contribution in [0.4, 0.5) is 4.79 Å². The Kier molecular flexibility index (Phi) is 7.36. The molecule has 0 aromatic rings. The number of imide groups is 1. The first kappa shape index (κ1) is 18.3. The number of rotatable bonds is 6. The van der Waals surface area contributed by atoms with Crippen LogP contribution in [-0.4, -0.2) is 52.9 Å². The molecule has 0 aromatic heterocycles. The normalized spacial score (nSPS) is 21.9. The zero-order valence-electron chi connectivity index (χ0n) is 13.8. The molecule has 2 N–H and O–H groups in total. The van der Waals surface area contributed by atoms with Crippen molar-refractivity contribution in [2.75, 3.05) is 18.8 Å². The maximum absolute atomic E-state index is 12.1. The minimum atomic E-state index is -0.251. The molecule has 0 bridgehead atoms. The van der Waals surface area contributed by atoms with Gasteiger partial charge in [-0.15, -0.1) is 0 Å². The second-order valence-electron chi connectivity index (χ2n) is 6.32. The molecule has 1 aliphatic carbocycles. The number of hydrogen-bond acceptors (Lipinski definition) is 5. The van der Waals surface area contributed by atoms with Crippen LogP contribution in [0.2, 0.25) is 0 Å². The third-order valence-electron chi connectivity index (χ3n) is 4.46. The van der Waals surface area contributed by atoms with Crippen LogP contribution in [0.5, 0.6) is 0 Å². The first-order chi connectivity index (χ1) is 11.1. The maximum atomic E-state index is 12.1. The van der Waals surface area contributed by atoms with Gasteiger partial charge in [-0.1, -0.05) is 43.9 Å². The van der Waals surface area contributed by atoms with Gasteiger partial charge in [0.15, 0.2) is 0 Å². The van der Waals surface area contributed by atoms with Gasteiger partial charge in [0.05, 0.1) is 11.8 Å². The van der Waals surface area contributed by atoms with E-state index in [-0.39, 0.29) is 35.4 Å². The predicted octanol–water partition coefficient (Wildman–Crippen LogP) is 1.89. The summed E-state index contributed by atoms with van der Waals surface area (Å²) in [6, 6.07) is 0.160. The monoisotopic (exact) mass is 341 g/mol. The summed E-state index contributed by atoms with van der Waals surface area (Å²) in [6.07, 6.45) is 8.61. The number of amides is 3. The van der Waals surface area contributed by atoms with Crippen LogP contribution >= 0.6 is 11.8 Å². The Labute approximate surface area is 142 Å². The Morgan fingerprint density at radius 2 is 1.87 bits per heavy atom. The van der Waals surface area contributed by atoms with Gasteiger partial charge in [-0.05, 0) is 19.8 Å². The van der Waals surface area contributed by atoms with Crippen LogP contribution in [0.3, 0.4) is 0 Å². The Morgan fingerprint density at radius 1 is 1.22 bits per heavy atom. The van der Waals surface area contributed by atoms with Crippen molar-refractivity contribution >= 4 is 28.8 Å². The van der Waals surface area contributed by atoms with Crippen molar-refractivity contribution in [3.8, 4) is 0 Å². The average molecular weight is 341 g/mol. The van der Waals surface area contributed by atoms with Crippen LogP contribution in [0, 0.1) is 0 Å². The second-order valence-corrected chi connectivity index (χ2v) is 7.25. The van der Waals surface area contributed by atoms with E-state index in [1.165, 1.54) is 37.0 Å². The molecule has 1 aliphatic heterocycles. The van der Waals surface area contributed by atoms with Crippen LogP contribution in [0.25, 0.3) is 0 Å². The fraction of sp³-hybridized carbons (Fsp3) is 0.812. The standard InChI is InChI=1S/C16H27N3O3S/c1-12(18-13-7-5-3-2-4-6-8-13)15(21)17-9-10-19-14(20)11-23-16(19)22/h12-13,18H,2-11H2,1H3,(H,17,21)/t12-/m1/s1. The number of thioether (sulfide) groups is 1. The number of nitrogens with one attached hydrogen (secondary N) is 2. The molecule has 0 spiro atoms. The fourth-order valence-corrected chi connectivity index (χ4v) is 3.84. The summed E-state index contributed by atoms with van der Waals surface area (Å²) in [6.45, 7) is 2.44. The summed E-state index contributed by atoms with van der Waals surface area (Å²) in [7, 11) is 0. The number of nitrogens with zero attached hydrogens (tertiary/aromatic N) is 1. The lowest BCUT2D eigenvalue weighted by Gasteiger charge is -2.25. The van der Waals surface area contributed by atoms with Gasteiger partial charge >= 0.3 is 0 Å². The average Bonchev–Trinajstić information content (AvgIpc) is 2.81. The smallest absolute Gasteiger partial charge is 0.288 e. The molecule has 1 atom stereocenters. The van der Waals surface area contributed by atoms with Crippen molar-refractivity contribution < 1.29 is 14.4 Å². The van der Waals surface area contributed by atoms with Crippen LogP contribution < -0.4 is 10.6 Å². The van der Waals surface area contributed by atoms with E-state index in [2.05, 4.69) is 10.6 Å². The zero-order chi connectivity index (χ0) is 16.7. The van der Waals surface area contributed by atoms with Crippen molar-refractivity contribution in [1.82, 2.24) is 15.5 Å². The highest BCUT2D eigenvalue weighted by molar-refractivity contribution is 8.14. The predicted molar refractivity (Wildman–Crippen MR) is 91.3 cm³/mol. The topological polar surface area (TPSA) is 78.5 Å². The zero-order valence-corrected chi connectivity index (χ0v) is 14.6. The molecule has 0 unspecified atom stereocenters. The third-order valence-corrected chi connectivity index (χ3v) is 5.32. The van der Waals surface area contributed by atoms with Crippen molar-refractivity contribution in [2.24, 2.45) is 0 Å². The Morgan fingerprint density at radius 3 is 2.48 bits per heavy atom. The lowest BCUT2D eigenvalue weighted by Crippen LogP contribution is -2.48. The van der Waals surface area contributed by atoms with Gasteiger partial charge in [-0.25, -0.2) is 0 Å². The van der Waals surface area contributed by atoms with Crippen LogP contribution in [0.1, 0.15) is 51.9 Å². The lowest BCUT2D eigenvalue weighted by atomic mass is 9.96. The highest BCUT2D eigenvalue weighted by Gasteiger charge is 2.29.